The van der Waals surface area contributed by atoms with E-state index in [0.717, 1.165) is 66.7 Å². The third kappa shape index (κ3) is 6.97. The van der Waals surface area contributed by atoms with Crippen LogP contribution in [-0.4, -0.2) is 38.1 Å². The topological polar surface area (TPSA) is 66.4 Å². The van der Waals surface area contributed by atoms with Gasteiger partial charge in [0.1, 0.15) is 11.5 Å². The van der Waals surface area contributed by atoms with E-state index in [1.807, 2.05) is 31.2 Å². The molecule has 3 rings (SSSR count). The zero-order valence-corrected chi connectivity index (χ0v) is 22.0. The van der Waals surface area contributed by atoms with Gasteiger partial charge in [0, 0.05) is 17.5 Å². The molecule has 2 aromatic rings. The normalized spacial score (nSPS) is 16.9. The molecule has 1 heterocycles. The van der Waals surface area contributed by atoms with Crippen LogP contribution in [0.4, 0.5) is 0 Å². The van der Waals surface area contributed by atoms with Crippen LogP contribution in [0.3, 0.4) is 0 Å². The first kappa shape index (κ1) is 27.0. The predicted octanol–water partition coefficient (Wildman–Crippen LogP) is 6.58. The van der Waals surface area contributed by atoms with Gasteiger partial charge >= 0.3 is 0 Å². The lowest BCUT2D eigenvalue weighted by molar-refractivity contribution is 0.0196. The fourth-order valence-corrected chi connectivity index (χ4v) is 4.15. The summed E-state index contributed by atoms with van der Waals surface area (Å²) in [5.41, 5.74) is 2.74. The van der Waals surface area contributed by atoms with Crippen LogP contribution in [-0.2, 0) is 6.42 Å². The zero-order valence-electron chi connectivity index (χ0n) is 22.0. The lowest BCUT2D eigenvalue weighted by Gasteiger charge is -2.32. The molecule has 0 amide bonds. The van der Waals surface area contributed by atoms with Gasteiger partial charge < -0.3 is 28.8 Å². The average molecular weight is 487 g/mol. The quantitative estimate of drug-likeness (QED) is 0.304. The van der Waals surface area contributed by atoms with Crippen molar-refractivity contribution in [1.29, 1.82) is 0 Å². The molecule has 0 aromatic heterocycles. The summed E-state index contributed by atoms with van der Waals surface area (Å²) < 4.78 is 30.5. The minimum absolute atomic E-state index is 0.441. The fraction of sp³-hybridized carbons (Fsp3) is 0.586. The maximum absolute atomic E-state index is 11.1. The van der Waals surface area contributed by atoms with E-state index in [1.165, 1.54) is 0 Å². The number of hydrogen-bond acceptors (Lipinski definition) is 6. The highest BCUT2D eigenvalue weighted by atomic mass is 16.5. The number of unbranched alkanes of at least 4 members (excludes halogenated alkanes) is 3. The summed E-state index contributed by atoms with van der Waals surface area (Å²) in [7, 11) is 1.64. The molecule has 0 saturated carbocycles. The van der Waals surface area contributed by atoms with Gasteiger partial charge in [-0.25, -0.2) is 0 Å². The molecule has 1 N–H and O–H groups in total. The van der Waals surface area contributed by atoms with Crippen molar-refractivity contribution in [1.82, 2.24) is 0 Å². The van der Waals surface area contributed by atoms with Crippen molar-refractivity contribution >= 4 is 0 Å². The highest BCUT2D eigenvalue weighted by molar-refractivity contribution is 5.56. The third-order valence-corrected chi connectivity index (χ3v) is 6.18. The van der Waals surface area contributed by atoms with Crippen molar-refractivity contribution in [2.24, 2.45) is 0 Å². The average Bonchev–Trinajstić information content (AvgIpc) is 2.85. The maximum Gasteiger partial charge on any atom is 0.203 e. The highest BCUT2D eigenvalue weighted by Crippen LogP contribution is 2.45. The van der Waals surface area contributed by atoms with E-state index in [-0.39, 0.29) is 0 Å². The number of ether oxygens (including phenoxy) is 5. The lowest BCUT2D eigenvalue weighted by Crippen LogP contribution is -2.30. The molecule has 6 nitrogen and oxygen atoms in total. The SMILES string of the molecule is CCCCOc1cc(C2Oc3cc(C)cc(OC)c3CC2O)cc(OCCCC)c1OCCCC. The number of benzene rings is 2. The van der Waals surface area contributed by atoms with Crippen LogP contribution >= 0.6 is 0 Å². The molecular weight excluding hydrogens is 444 g/mol. The first-order chi connectivity index (χ1) is 17.0. The Morgan fingerprint density at radius 3 is 1.94 bits per heavy atom. The van der Waals surface area contributed by atoms with E-state index in [1.54, 1.807) is 7.11 Å². The number of methoxy groups -OCH3 is 1. The van der Waals surface area contributed by atoms with Crippen LogP contribution in [0.2, 0.25) is 0 Å². The van der Waals surface area contributed by atoms with E-state index < -0.39 is 12.2 Å². The van der Waals surface area contributed by atoms with Crippen LogP contribution < -0.4 is 23.7 Å². The van der Waals surface area contributed by atoms with E-state index in [9.17, 15) is 5.11 Å². The Morgan fingerprint density at radius 1 is 0.829 bits per heavy atom. The summed E-state index contributed by atoms with van der Waals surface area (Å²) in [6.45, 7) is 10.2. The second-order valence-electron chi connectivity index (χ2n) is 9.21. The maximum atomic E-state index is 11.1. The molecule has 2 aromatic carbocycles. The summed E-state index contributed by atoms with van der Waals surface area (Å²) in [5, 5.41) is 11.1. The summed E-state index contributed by atoms with van der Waals surface area (Å²) in [6.07, 6.45) is 5.10. The van der Waals surface area contributed by atoms with Gasteiger partial charge in [0.05, 0.1) is 33.0 Å². The number of aliphatic hydroxyl groups excluding tert-OH is 1. The predicted molar refractivity (Wildman–Crippen MR) is 138 cm³/mol. The largest absolute Gasteiger partial charge is 0.496 e. The summed E-state index contributed by atoms with van der Waals surface area (Å²) >= 11 is 0. The van der Waals surface area contributed by atoms with Gasteiger partial charge in [0.2, 0.25) is 5.75 Å². The first-order valence-corrected chi connectivity index (χ1v) is 13.1. The number of rotatable bonds is 14. The standard InChI is InChI=1S/C29H42O6/c1-6-9-12-32-26-17-21(18-27(33-13-10-7-2)29(26)34-14-11-8-3)28-23(30)19-22-24(31-5)15-20(4)16-25(22)35-28/h15-18,23,28,30H,6-14,19H2,1-5H3. The smallest absolute Gasteiger partial charge is 0.203 e. The van der Waals surface area contributed by atoms with Gasteiger partial charge in [-0.2, -0.15) is 0 Å². The van der Waals surface area contributed by atoms with E-state index >= 15 is 0 Å². The highest BCUT2D eigenvalue weighted by Gasteiger charge is 2.33. The lowest BCUT2D eigenvalue weighted by atomic mass is 9.93. The fourth-order valence-electron chi connectivity index (χ4n) is 4.15. The molecule has 1 aliphatic heterocycles. The zero-order chi connectivity index (χ0) is 25.2. The molecule has 2 atom stereocenters. The summed E-state index contributed by atoms with van der Waals surface area (Å²) in [6, 6.07) is 7.85. The molecule has 2 unspecified atom stereocenters. The van der Waals surface area contributed by atoms with Gasteiger partial charge in [-0.15, -0.1) is 0 Å². The number of fused-ring (bicyclic) bond motifs is 1. The molecule has 0 spiro atoms. The molecule has 0 radical (unpaired) electrons. The molecule has 0 aliphatic carbocycles. The molecule has 6 heteroatoms. The van der Waals surface area contributed by atoms with Crippen molar-refractivity contribution in [2.45, 2.75) is 84.8 Å². The molecule has 194 valence electrons. The second kappa shape index (κ2) is 13.5. The Morgan fingerprint density at radius 2 is 1.40 bits per heavy atom. The molecule has 0 fully saturated rings. The van der Waals surface area contributed by atoms with Gasteiger partial charge in [0.25, 0.3) is 0 Å². The van der Waals surface area contributed by atoms with E-state index in [2.05, 4.69) is 20.8 Å². The van der Waals surface area contributed by atoms with Gasteiger partial charge in [-0.1, -0.05) is 40.0 Å². The second-order valence-corrected chi connectivity index (χ2v) is 9.21. The Kier molecular flexibility index (Phi) is 10.4. The van der Waals surface area contributed by atoms with Crippen LogP contribution in [0.1, 0.15) is 82.1 Å². The van der Waals surface area contributed by atoms with Crippen molar-refractivity contribution < 1.29 is 28.8 Å². The Balaban J connectivity index is 2.00. The third-order valence-electron chi connectivity index (χ3n) is 6.18. The van der Waals surface area contributed by atoms with Crippen LogP contribution in [0.5, 0.6) is 28.7 Å². The van der Waals surface area contributed by atoms with Crippen molar-refractivity contribution in [2.75, 3.05) is 26.9 Å². The summed E-state index contributed by atoms with van der Waals surface area (Å²) in [4.78, 5) is 0. The van der Waals surface area contributed by atoms with Gasteiger partial charge in [-0.05, 0) is 56.0 Å². The number of aliphatic hydroxyl groups is 1. The molecule has 35 heavy (non-hydrogen) atoms. The van der Waals surface area contributed by atoms with E-state index in [0.29, 0.717) is 43.5 Å². The number of aryl methyl sites for hydroxylation is 1. The Bertz CT molecular complexity index is 910. The minimum Gasteiger partial charge on any atom is -0.496 e. The van der Waals surface area contributed by atoms with Crippen LogP contribution in [0, 0.1) is 6.92 Å². The molecule has 1 aliphatic rings. The number of hydrogen-bond donors (Lipinski definition) is 1. The Labute approximate surface area is 210 Å². The minimum atomic E-state index is -0.738. The van der Waals surface area contributed by atoms with Crippen molar-refractivity contribution in [3.63, 3.8) is 0 Å². The van der Waals surface area contributed by atoms with Gasteiger partial charge in [0.15, 0.2) is 17.6 Å². The van der Waals surface area contributed by atoms with Crippen LogP contribution in [0.15, 0.2) is 24.3 Å². The summed E-state index contributed by atoms with van der Waals surface area (Å²) in [5.74, 6) is 3.40. The van der Waals surface area contributed by atoms with E-state index in [4.69, 9.17) is 23.7 Å². The molecule has 0 saturated heterocycles. The van der Waals surface area contributed by atoms with Crippen molar-refractivity contribution in [3.8, 4) is 28.7 Å². The van der Waals surface area contributed by atoms with Crippen LogP contribution in [0.25, 0.3) is 0 Å². The monoisotopic (exact) mass is 486 g/mol. The first-order valence-electron chi connectivity index (χ1n) is 13.1. The Hall–Kier alpha value is -2.60. The molecular formula is C29H42O6. The van der Waals surface area contributed by atoms with Crippen molar-refractivity contribution in [3.05, 3.63) is 41.0 Å². The molecule has 0 bridgehead atoms. The van der Waals surface area contributed by atoms with Gasteiger partial charge in [-0.3, -0.25) is 0 Å².